The first kappa shape index (κ1) is 48.0. The summed E-state index contributed by atoms with van der Waals surface area (Å²) in [6, 6.07) is 5.92. The van der Waals surface area contributed by atoms with Crippen LogP contribution in [-0.4, -0.2) is 20.9 Å². The summed E-state index contributed by atoms with van der Waals surface area (Å²) in [5.41, 5.74) is 17.4. The Morgan fingerprint density at radius 3 is 0.586 bits per heavy atom. The zero-order chi connectivity index (χ0) is 42.0. The van der Waals surface area contributed by atoms with Crippen molar-refractivity contribution in [2.24, 2.45) is 0 Å². The van der Waals surface area contributed by atoms with Crippen molar-refractivity contribution in [2.75, 3.05) is 0 Å². The fourth-order valence-electron chi connectivity index (χ4n) is 15.9. The average Bonchev–Trinajstić information content (AvgIpc) is 3.94. The van der Waals surface area contributed by atoms with Gasteiger partial charge < -0.3 is 5.48 Å². The van der Waals surface area contributed by atoms with Crippen LogP contribution in [0.2, 0.25) is 0 Å². The minimum atomic E-state index is -0.715. The quantitative estimate of drug-likeness (QED) is 0.134. The molecular weight excluding hydrogens is 761 g/mol. The minimum Gasteiger partial charge on any atom is -0.412 e. The zero-order valence-corrected chi connectivity index (χ0v) is 43.4. The van der Waals surface area contributed by atoms with Crippen molar-refractivity contribution in [2.45, 2.75) is 283 Å². The Morgan fingerprint density at radius 1 is 0.293 bits per heavy atom. The Labute approximate surface area is 367 Å². The van der Waals surface area contributed by atoms with Gasteiger partial charge in [0, 0.05) is 0 Å². The van der Waals surface area contributed by atoms with Crippen LogP contribution in [0, 0.1) is 0 Å². The van der Waals surface area contributed by atoms with Gasteiger partial charge in [-0.3, -0.25) is 0 Å². The number of rotatable bonds is 18. The second kappa shape index (κ2) is 16.9. The van der Waals surface area contributed by atoms with E-state index in [4.69, 9.17) is 0 Å². The smallest absolute Gasteiger partial charge is 0.412 e. The summed E-state index contributed by atoms with van der Waals surface area (Å²) >= 11 is -0.715. The maximum Gasteiger partial charge on any atom is -0.412 e. The molecule has 0 atom stereocenters. The summed E-state index contributed by atoms with van der Waals surface area (Å²) in [4.78, 5) is 0. The van der Waals surface area contributed by atoms with Crippen molar-refractivity contribution < 1.29 is 5.48 Å². The number of hydrogen-bond donors (Lipinski definition) is 0. The van der Waals surface area contributed by atoms with Gasteiger partial charge >= 0.3 is 363 Å². The maximum absolute atomic E-state index is 2.96. The largest absolute Gasteiger partial charge is 0.412 e. The van der Waals surface area contributed by atoms with Crippen LogP contribution in [0.5, 0.6) is 0 Å². The van der Waals surface area contributed by atoms with Crippen molar-refractivity contribution >= 4 is 24.2 Å². The molecule has 2 aromatic rings. The van der Waals surface area contributed by atoms with Crippen molar-refractivity contribution in [1.82, 2.24) is 0 Å². The van der Waals surface area contributed by atoms with E-state index in [9.17, 15) is 0 Å². The predicted octanol–water partition coefficient (Wildman–Crippen LogP) is 14.6. The molecule has 0 saturated carbocycles. The fourth-order valence-corrected chi connectivity index (χ4v) is 20.8. The van der Waals surface area contributed by atoms with Crippen LogP contribution in [0.1, 0.15) is 284 Å². The van der Waals surface area contributed by atoms with Crippen LogP contribution in [0.25, 0.3) is 0 Å². The van der Waals surface area contributed by atoms with E-state index in [1.165, 1.54) is 128 Å². The van der Waals surface area contributed by atoms with E-state index in [1.54, 1.807) is 0 Å². The molecule has 2 radical (unpaired) electrons. The zero-order valence-electron chi connectivity index (χ0n) is 41.3. The second-order valence-corrected chi connectivity index (χ2v) is 23.5. The van der Waals surface area contributed by atoms with Gasteiger partial charge in [0.05, 0.1) is 0 Å². The molecule has 58 heavy (non-hydrogen) atoms. The SMILES string of the molecule is CCC1(CC)CC(CC)(CC)c2c1cc1c([c]2[Ge][c]2c3c(cc4c2C(CC)(CC)CC4(CC)CC)C(CC)(CC)CC3(CC)CC)C(CC)(CC)CC1(CC)CC.O. The van der Waals surface area contributed by atoms with Gasteiger partial charge in [0.15, 0.2) is 0 Å². The first-order valence-electron chi connectivity index (χ1n) is 25.5. The Morgan fingerprint density at radius 2 is 0.448 bits per heavy atom. The Bertz CT molecular complexity index is 1510. The maximum atomic E-state index is 2.96. The molecule has 4 aliphatic carbocycles. The molecule has 6 rings (SSSR count). The van der Waals surface area contributed by atoms with Gasteiger partial charge in [-0.15, -0.1) is 0 Å². The predicted molar refractivity (Wildman–Crippen MR) is 258 cm³/mol. The van der Waals surface area contributed by atoms with E-state index >= 15 is 0 Å². The molecule has 0 amide bonds. The molecule has 2 heteroatoms. The summed E-state index contributed by atoms with van der Waals surface area (Å²) in [6.45, 7) is 41.2. The van der Waals surface area contributed by atoms with E-state index in [2.05, 4.69) is 123 Å². The average molecular weight is 854 g/mol. The molecule has 2 aromatic carbocycles. The number of fused-ring (bicyclic) bond motifs is 4. The van der Waals surface area contributed by atoms with Gasteiger partial charge in [-0.1, -0.05) is 0 Å². The molecule has 2 N–H and O–H groups in total. The molecule has 0 aromatic heterocycles. The van der Waals surface area contributed by atoms with E-state index in [1.807, 2.05) is 53.3 Å². The molecule has 0 bridgehead atoms. The summed E-state index contributed by atoms with van der Waals surface area (Å²) in [7, 11) is 0. The summed E-state index contributed by atoms with van der Waals surface area (Å²) in [5.74, 6) is 0. The van der Waals surface area contributed by atoms with Gasteiger partial charge in [-0.2, -0.15) is 0 Å². The number of hydrogen-bond acceptors (Lipinski definition) is 0. The van der Waals surface area contributed by atoms with Crippen LogP contribution in [-0.2, 0) is 43.3 Å². The van der Waals surface area contributed by atoms with E-state index < -0.39 is 15.4 Å². The normalized spacial score (nSPS) is 22.6. The first-order chi connectivity index (χ1) is 27.2. The third-order valence-corrected chi connectivity index (χ3v) is 24.0. The molecule has 0 fully saturated rings. The molecule has 1 nitrogen and oxygen atoms in total. The summed E-state index contributed by atoms with van der Waals surface area (Å²) in [6.07, 6.45) is 25.9. The molecule has 4 aliphatic rings. The van der Waals surface area contributed by atoms with Crippen LogP contribution < -0.4 is 8.79 Å². The molecular formula is C56H92GeO. The van der Waals surface area contributed by atoms with Gasteiger partial charge in [0.1, 0.15) is 0 Å². The molecule has 0 heterocycles. The summed E-state index contributed by atoms with van der Waals surface area (Å²) in [5, 5.41) is 0. The van der Waals surface area contributed by atoms with Gasteiger partial charge in [-0.25, -0.2) is 0 Å². The van der Waals surface area contributed by atoms with Gasteiger partial charge in [-0.05, 0) is 0 Å². The molecule has 0 saturated heterocycles. The minimum absolute atomic E-state index is 0. The summed E-state index contributed by atoms with van der Waals surface area (Å²) < 4.78 is 3.99. The molecule has 326 valence electrons. The Hall–Kier alpha value is -1.06. The van der Waals surface area contributed by atoms with Crippen LogP contribution >= 0.6 is 0 Å². The van der Waals surface area contributed by atoms with Gasteiger partial charge in [0.25, 0.3) is 0 Å². The van der Waals surface area contributed by atoms with E-state index in [0.29, 0.717) is 21.7 Å². The monoisotopic (exact) mass is 855 g/mol. The molecule has 0 spiro atoms. The van der Waals surface area contributed by atoms with Crippen LogP contribution in [0.15, 0.2) is 12.1 Å². The van der Waals surface area contributed by atoms with Crippen LogP contribution in [0.4, 0.5) is 0 Å². The fraction of sp³-hybridized carbons (Fsp3) is 0.786. The second-order valence-electron chi connectivity index (χ2n) is 20.9. The van der Waals surface area contributed by atoms with Gasteiger partial charge in [0.2, 0.25) is 0 Å². The van der Waals surface area contributed by atoms with Crippen LogP contribution in [0.3, 0.4) is 0 Å². The van der Waals surface area contributed by atoms with Crippen molar-refractivity contribution in [3.63, 3.8) is 0 Å². The third-order valence-electron chi connectivity index (χ3n) is 20.8. The Balaban J connectivity index is 0.00000641. The molecule has 0 unspecified atom stereocenters. The van der Waals surface area contributed by atoms with E-state index in [0.717, 1.165) is 0 Å². The standard InChI is InChI=1S/C56H90Ge.H2O/c1-17-49(18-2)35-53(25-9,26-10)43-39(49)33-40-44(54(27-11,28-12)36-50(40,19-3)20-4)47(43)57-48-45-41(51(21-5,22-6)37-55(45,29-13)30-14)34-42-46(48)56(31-15,32-16)38-52(42,23-7)24-8;/h33-34H,17-32,35-38H2,1-16H3;1H2. The first-order valence-corrected chi connectivity index (χ1v) is 27.6. The van der Waals surface area contributed by atoms with Crippen molar-refractivity contribution in [1.29, 1.82) is 0 Å². The number of benzene rings is 2. The third kappa shape index (κ3) is 6.02. The van der Waals surface area contributed by atoms with Crippen molar-refractivity contribution in [3.05, 3.63) is 56.6 Å². The topological polar surface area (TPSA) is 31.5 Å². The Kier molecular flexibility index (Phi) is 14.0. The van der Waals surface area contributed by atoms with E-state index in [-0.39, 0.29) is 27.1 Å². The van der Waals surface area contributed by atoms with Crippen molar-refractivity contribution in [3.8, 4) is 0 Å². The molecule has 0 aliphatic heterocycles.